The van der Waals surface area contributed by atoms with Gasteiger partial charge < -0.3 is 10.0 Å². The summed E-state index contributed by atoms with van der Waals surface area (Å²) in [6.45, 7) is 0. The number of carboxylic acids is 1. The van der Waals surface area contributed by atoms with Gasteiger partial charge in [0.1, 0.15) is 0 Å². The van der Waals surface area contributed by atoms with E-state index in [1.807, 2.05) is 19.2 Å². The van der Waals surface area contributed by atoms with Gasteiger partial charge in [-0.2, -0.15) is 0 Å². The molecule has 0 unspecified atom stereocenters. The van der Waals surface area contributed by atoms with Crippen LogP contribution >= 0.6 is 11.6 Å². The zero-order chi connectivity index (χ0) is 13.1. The fourth-order valence-electron chi connectivity index (χ4n) is 2.09. The van der Waals surface area contributed by atoms with Crippen molar-refractivity contribution in [3.05, 3.63) is 34.9 Å². The van der Waals surface area contributed by atoms with Crippen molar-refractivity contribution in [1.82, 2.24) is 0 Å². The van der Waals surface area contributed by atoms with Crippen LogP contribution in [0.1, 0.15) is 24.8 Å². The van der Waals surface area contributed by atoms with Crippen LogP contribution < -0.4 is 4.90 Å². The Kier molecular flexibility index (Phi) is 3.92. The van der Waals surface area contributed by atoms with Crippen LogP contribution in [0.3, 0.4) is 0 Å². The van der Waals surface area contributed by atoms with E-state index in [-0.39, 0.29) is 0 Å². The van der Waals surface area contributed by atoms with Crippen molar-refractivity contribution >= 4 is 29.3 Å². The molecule has 1 fully saturated rings. The van der Waals surface area contributed by atoms with Crippen LogP contribution in [0.5, 0.6) is 0 Å². The summed E-state index contributed by atoms with van der Waals surface area (Å²) in [5, 5.41) is 9.37. The van der Waals surface area contributed by atoms with Gasteiger partial charge in [-0.3, -0.25) is 0 Å². The predicted octanol–water partition coefficient (Wildman–Crippen LogP) is 3.43. The Hall–Kier alpha value is -1.48. The molecule has 1 aliphatic rings. The van der Waals surface area contributed by atoms with Crippen molar-refractivity contribution in [2.24, 2.45) is 0 Å². The molecule has 0 heterocycles. The lowest BCUT2D eigenvalue weighted by Crippen LogP contribution is -2.37. The van der Waals surface area contributed by atoms with Crippen LogP contribution in [0.2, 0.25) is 5.02 Å². The second-order valence-corrected chi connectivity index (χ2v) is 5.01. The van der Waals surface area contributed by atoms with Crippen molar-refractivity contribution in [1.29, 1.82) is 0 Å². The van der Waals surface area contributed by atoms with E-state index in [0.29, 0.717) is 11.1 Å². The molecule has 3 nitrogen and oxygen atoms in total. The third kappa shape index (κ3) is 2.85. The summed E-state index contributed by atoms with van der Waals surface area (Å²) in [5.74, 6) is -0.942. The van der Waals surface area contributed by atoms with Gasteiger partial charge in [0.2, 0.25) is 0 Å². The highest BCUT2D eigenvalue weighted by atomic mass is 35.5. The maximum atomic E-state index is 10.6. The van der Waals surface area contributed by atoms with E-state index in [1.54, 1.807) is 12.1 Å². The number of benzene rings is 1. The lowest BCUT2D eigenvalue weighted by atomic mass is 9.91. The van der Waals surface area contributed by atoms with Crippen LogP contribution in [0.4, 0.5) is 5.69 Å². The van der Waals surface area contributed by atoms with Crippen LogP contribution in [0.25, 0.3) is 6.08 Å². The summed E-state index contributed by atoms with van der Waals surface area (Å²) >= 11 is 6.02. The standard InChI is InChI=1S/C14H16ClNO2/c1-16(12-3-2-4-12)13-9-11(15)7-5-10(13)6-8-14(17)18/h5-9,12H,2-4H2,1H3,(H,17,18)/b8-6+. The fraction of sp³-hybridized carbons (Fsp3) is 0.357. The Balaban J connectivity index is 2.30. The Labute approximate surface area is 112 Å². The molecule has 1 aromatic rings. The summed E-state index contributed by atoms with van der Waals surface area (Å²) < 4.78 is 0. The average Bonchev–Trinajstić information content (AvgIpc) is 2.24. The number of aliphatic carboxylic acids is 1. The molecule has 1 saturated carbocycles. The first-order valence-corrected chi connectivity index (χ1v) is 6.39. The highest BCUT2D eigenvalue weighted by Crippen LogP contribution is 2.32. The van der Waals surface area contributed by atoms with E-state index < -0.39 is 5.97 Å². The monoisotopic (exact) mass is 265 g/mol. The van der Waals surface area contributed by atoms with E-state index in [1.165, 1.54) is 19.3 Å². The summed E-state index contributed by atoms with van der Waals surface area (Å²) in [5.41, 5.74) is 1.88. The van der Waals surface area contributed by atoms with Crippen LogP contribution in [-0.2, 0) is 4.79 Å². The van der Waals surface area contributed by atoms with Crippen LogP contribution in [0.15, 0.2) is 24.3 Å². The maximum absolute atomic E-state index is 10.6. The van der Waals surface area contributed by atoms with Crippen LogP contribution in [-0.4, -0.2) is 24.2 Å². The molecule has 2 rings (SSSR count). The largest absolute Gasteiger partial charge is 0.478 e. The highest BCUT2D eigenvalue weighted by molar-refractivity contribution is 6.31. The van der Waals surface area contributed by atoms with Gasteiger partial charge in [-0.15, -0.1) is 0 Å². The molecule has 18 heavy (non-hydrogen) atoms. The topological polar surface area (TPSA) is 40.5 Å². The second kappa shape index (κ2) is 5.44. The van der Waals surface area contributed by atoms with Gasteiger partial charge in [0.25, 0.3) is 0 Å². The highest BCUT2D eigenvalue weighted by Gasteiger charge is 2.23. The molecular weight excluding hydrogens is 250 g/mol. The van der Waals surface area contributed by atoms with Crippen LogP contribution in [0, 0.1) is 0 Å². The molecule has 0 aromatic heterocycles. The van der Waals surface area contributed by atoms with E-state index in [2.05, 4.69) is 4.90 Å². The number of hydrogen-bond acceptors (Lipinski definition) is 2. The van der Waals surface area contributed by atoms with Gasteiger partial charge in [0.05, 0.1) is 0 Å². The second-order valence-electron chi connectivity index (χ2n) is 4.57. The number of carboxylic acid groups (broad SMARTS) is 1. The van der Waals surface area contributed by atoms with Gasteiger partial charge in [-0.05, 0) is 43.0 Å². The summed E-state index contributed by atoms with van der Waals surface area (Å²) in [4.78, 5) is 12.8. The number of rotatable bonds is 4. The minimum absolute atomic E-state index is 0.542. The lowest BCUT2D eigenvalue weighted by molar-refractivity contribution is -0.131. The van der Waals surface area contributed by atoms with E-state index >= 15 is 0 Å². The third-order valence-electron chi connectivity index (χ3n) is 3.40. The first-order valence-electron chi connectivity index (χ1n) is 6.01. The average molecular weight is 266 g/mol. The predicted molar refractivity (Wildman–Crippen MR) is 74.2 cm³/mol. The number of anilines is 1. The molecule has 0 bridgehead atoms. The Morgan fingerprint density at radius 1 is 1.50 bits per heavy atom. The molecule has 0 aliphatic heterocycles. The zero-order valence-corrected chi connectivity index (χ0v) is 11.0. The zero-order valence-electron chi connectivity index (χ0n) is 10.3. The van der Waals surface area contributed by atoms with E-state index in [4.69, 9.17) is 16.7 Å². The Morgan fingerprint density at radius 2 is 2.22 bits per heavy atom. The first-order chi connectivity index (χ1) is 8.58. The minimum atomic E-state index is -0.942. The number of halogens is 1. The maximum Gasteiger partial charge on any atom is 0.328 e. The Bertz CT molecular complexity index is 481. The third-order valence-corrected chi connectivity index (χ3v) is 3.64. The molecule has 1 aliphatic carbocycles. The van der Waals surface area contributed by atoms with Gasteiger partial charge in [-0.25, -0.2) is 4.79 Å². The smallest absolute Gasteiger partial charge is 0.328 e. The van der Waals surface area contributed by atoms with Gasteiger partial charge in [0.15, 0.2) is 0 Å². The van der Waals surface area contributed by atoms with E-state index in [0.717, 1.165) is 17.3 Å². The molecule has 4 heteroatoms. The van der Waals surface area contributed by atoms with Crippen molar-refractivity contribution in [2.75, 3.05) is 11.9 Å². The summed E-state index contributed by atoms with van der Waals surface area (Å²) in [7, 11) is 2.04. The molecule has 0 radical (unpaired) electrons. The SMILES string of the molecule is CN(c1cc(Cl)ccc1/C=C/C(=O)O)C1CCC1. The minimum Gasteiger partial charge on any atom is -0.478 e. The molecule has 0 amide bonds. The number of carbonyl (C=O) groups is 1. The van der Waals surface area contributed by atoms with Crippen molar-refractivity contribution in [3.63, 3.8) is 0 Å². The molecule has 96 valence electrons. The van der Waals surface area contributed by atoms with Gasteiger partial charge in [0, 0.05) is 29.9 Å². The van der Waals surface area contributed by atoms with E-state index in [9.17, 15) is 4.79 Å². The molecule has 0 atom stereocenters. The summed E-state index contributed by atoms with van der Waals surface area (Å²) in [6.07, 6.45) is 6.40. The molecular formula is C14H16ClNO2. The fourth-order valence-corrected chi connectivity index (χ4v) is 2.26. The molecule has 1 N–H and O–H groups in total. The lowest BCUT2D eigenvalue weighted by Gasteiger charge is -2.37. The number of nitrogens with zero attached hydrogens (tertiary/aromatic N) is 1. The molecule has 1 aromatic carbocycles. The molecule has 0 spiro atoms. The van der Waals surface area contributed by atoms with Gasteiger partial charge >= 0.3 is 5.97 Å². The number of hydrogen-bond donors (Lipinski definition) is 1. The van der Waals surface area contributed by atoms with Crippen molar-refractivity contribution < 1.29 is 9.90 Å². The van der Waals surface area contributed by atoms with Crippen molar-refractivity contribution in [3.8, 4) is 0 Å². The first kappa shape index (κ1) is 13.0. The summed E-state index contributed by atoms with van der Waals surface area (Å²) in [6, 6.07) is 6.06. The normalized spacial score (nSPS) is 15.7. The quantitative estimate of drug-likeness (QED) is 0.848. The Morgan fingerprint density at radius 3 is 2.78 bits per heavy atom. The van der Waals surface area contributed by atoms with Gasteiger partial charge in [-0.1, -0.05) is 17.7 Å². The molecule has 0 saturated heterocycles. The van der Waals surface area contributed by atoms with Crippen molar-refractivity contribution in [2.45, 2.75) is 25.3 Å².